The molecule has 2 aromatic rings. The minimum atomic E-state index is -1.29. The van der Waals surface area contributed by atoms with Gasteiger partial charge in [-0.1, -0.05) is 30.3 Å². The maximum atomic E-state index is 14.0. The lowest BCUT2D eigenvalue weighted by Crippen LogP contribution is -2.54. The lowest BCUT2D eigenvalue weighted by molar-refractivity contribution is -0.157. The van der Waals surface area contributed by atoms with Gasteiger partial charge in [0.15, 0.2) is 0 Å². The van der Waals surface area contributed by atoms with Crippen molar-refractivity contribution in [1.82, 2.24) is 10.2 Å². The number of hydrogen-bond donors (Lipinski definition) is 1. The third-order valence-corrected chi connectivity index (χ3v) is 6.48. The fourth-order valence-electron chi connectivity index (χ4n) is 3.56. The molecule has 2 unspecified atom stereocenters. The van der Waals surface area contributed by atoms with Crippen LogP contribution in [0.25, 0.3) is 0 Å². The summed E-state index contributed by atoms with van der Waals surface area (Å²) in [4.78, 5) is 54.3. The number of esters is 1. The quantitative estimate of drug-likeness (QED) is 0.165. The predicted molar refractivity (Wildman–Crippen MR) is 168 cm³/mol. The van der Waals surface area contributed by atoms with Gasteiger partial charge in [-0.2, -0.15) is 0 Å². The van der Waals surface area contributed by atoms with Crippen molar-refractivity contribution < 1.29 is 37.5 Å². The van der Waals surface area contributed by atoms with Gasteiger partial charge in [0.25, 0.3) is 5.91 Å². The Morgan fingerprint density at radius 3 is 2.17 bits per heavy atom. The molecule has 0 bridgehead atoms. The lowest BCUT2D eigenvalue weighted by Gasteiger charge is -2.32. The molecule has 0 radical (unpaired) electrons. The maximum absolute atomic E-state index is 14.0. The van der Waals surface area contributed by atoms with E-state index in [2.05, 4.69) is 5.32 Å². The van der Waals surface area contributed by atoms with Crippen LogP contribution in [0.4, 0.5) is 4.79 Å². The molecule has 2 atom stereocenters. The molecule has 232 valence electrons. The molecule has 0 aliphatic heterocycles. The zero-order chi connectivity index (χ0) is 31.7. The first-order chi connectivity index (χ1) is 19.5. The van der Waals surface area contributed by atoms with E-state index in [1.54, 1.807) is 55.4 Å². The monoisotopic (exact) mass is 718 g/mol. The van der Waals surface area contributed by atoms with E-state index in [1.807, 2.05) is 52.4 Å². The molecule has 0 fully saturated rings. The second kappa shape index (κ2) is 15.7. The SMILES string of the molecule is CC(C)N(CC(NC(=O)OC(C)(C)C)C(=O)OC(C)(C)C)C(=O)c1oc(COPI)cc(=O)c1OCc1ccccc1. The van der Waals surface area contributed by atoms with Crippen LogP contribution in [0, 0.1) is 0 Å². The summed E-state index contributed by atoms with van der Waals surface area (Å²) >= 11 is 2.03. The van der Waals surface area contributed by atoms with Crippen molar-refractivity contribution in [1.29, 1.82) is 0 Å². The second-order valence-corrected chi connectivity index (χ2v) is 13.4. The van der Waals surface area contributed by atoms with Crippen LogP contribution in [-0.4, -0.2) is 52.7 Å². The summed E-state index contributed by atoms with van der Waals surface area (Å²) in [6, 6.07) is 8.58. The molecule has 0 saturated carbocycles. The summed E-state index contributed by atoms with van der Waals surface area (Å²) < 4.78 is 28.0. The first-order valence-corrected chi connectivity index (χ1v) is 17.4. The molecule has 1 heterocycles. The van der Waals surface area contributed by atoms with Crippen molar-refractivity contribution >= 4 is 46.5 Å². The third-order valence-electron chi connectivity index (χ3n) is 5.29. The summed E-state index contributed by atoms with van der Waals surface area (Å²) in [6.45, 7) is 13.4. The number of hydrogen-bond acceptors (Lipinski definition) is 9. The van der Waals surface area contributed by atoms with E-state index in [4.69, 9.17) is 23.2 Å². The summed E-state index contributed by atoms with van der Waals surface area (Å²) in [6.07, 6.45) is -0.855. The number of rotatable bonds is 12. The molecule has 2 amide bonds. The van der Waals surface area contributed by atoms with E-state index in [0.717, 1.165) is 5.56 Å². The topological polar surface area (TPSA) is 134 Å². The van der Waals surface area contributed by atoms with Crippen molar-refractivity contribution in [2.24, 2.45) is 0 Å². The van der Waals surface area contributed by atoms with E-state index >= 15 is 0 Å². The molecule has 1 aromatic carbocycles. The molecule has 13 heteroatoms. The number of carbonyl (C=O) groups excluding carboxylic acids is 3. The number of ether oxygens (including phenoxy) is 3. The van der Waals surface area contributed by atoms with E-state index < -0.39 is 46.7 Å². The van der Waals surface area contributed by atoms with Crippen LogP contribution >= 0.6 is 28.5 Å². The van der Waals surface area contributed by atoms with Crippen LogP contribution < -0.4 is 15.5 Å². The maximum Gasteiger partial charge on any atom is 0.408 e. The van der Waals surface area contributed by atoms with Gasteiger partial charge in [0.2, 0.25) is 16.9 Å². The van der Waals surface area contributed by atoms with Gasteiger partial charge in [0, 0.05) is 12.1 Å². The molecule has 1 aromatic heterocycles. The molecule has 0 aliphatic rings. The highest BCUT2D eigenvalue weighted by Crippen LogP contribution is 2.26. The average molecular weight is 719 g/mol. The van der Waals surface area contributed by atoms with E-state index in [1.165, 1.54) is 11.0 Å². The molecule has 0 spiro atoms. The van der Waals surface area contributed by atoms with Crippen LogP contribution in [-0.2, 0) is 32.0 Å². The Morgan fingerprint density at radius 2 is 1.62 bits per heavy atom. The van der Waals surface area contributed by atoms with Gasteiger partial charge < -0.3 is 33.4 Å². The van der Waals surface area contributed by atoms with Crippen LogP contribution in [0.3, 0.4) is 0 Å². The fraction of sp³-hybridized carbons (Fsp3) is 0.517. The van der Waals surface area contributed by atoms with E-state index in [0.29, 0.717) is 0 Å². The fourth-order valence-corrected chi connectivity index (χ4v) is 4.23. The van der Waals surface area contributed by atoms with Crippen molar-refractivity contribution in [3.8, 4) is 5.75 Å². The van der Waals surface area contributed by atoms with E-state index in [9.17, 15) is 19.2 Å². The Labute approximate surface area is 261 Å². The second-order valence-electron chi connectivity index (χ2n) is 11.7. The highest BCUT2D eigenvalue weighted by Gasteiger charge is 2.35. The van der Waals surface area contributed by atoms with Crippen molar-refractivity contribution in [3.63, 3.8) is 0 Å². The number of amides is 2. The van der Waals surface area contributed by atoms with Crippen molar-refractivity contribution in [2.45, 2.75) is 91.9 Å². The number of halogens is 1. The molecule has 42 heavy (non-hydrogen) atoms. The lowest BCUT2D eigenvalue weighted by atomic mass is 10.1. The first kappa shape index (κ1) is 35.5. The number of nitrogens with one attached hydrogen (secondary N) is 1. The van der Waals surface area contributed by atoms with Crippen molar-refractivity contribution in [3.05, 3.63) is 63.7 Å². The van der Waals surface area contributed by atoms with Gasteiger partial charge in [-0.25, -0.2) is 9.59 Å². The van der Waals surface area contributed by atoms with Gasteiger partial charge in [0.05, 0.1) is 13.0 Å². The highest BCUT2D eigenvalue weighted by molar-refractivity contribution is 14.2. The number of alkyl carbamates (subject to hydrolysis) is 1. The Hall–Kier alpha value is -2.70. The highest BCUT2D eigenvalue weighted by atomic mass is 127. The molecular formula is C29H40IN2O9P. The number of benzene rings is 1. The largest absolute Gasteiger partial charge is 0.481 e. The molecule has 0 aliphatic carbocycles. The van der Waals surface area contributed by atoms with Crippen LogP contribution in [0.1, 0.15) is 77.3 Å². The standard InChI is InChI=1S/C29H40IN2O9P/c1-18(2)32(15-21(26(35)40-28(3,4)5)31-27(36)41-29(6,7)8)25(34)24-23(37-16-19-12-10-9-11-13-19)22(33)14-20(39-24)17-38-42-30/h9-14,18,21,42H,15-17H2,1-8H3,(H,31,36). The first-order valence-electron chi connectivity index (χ1n) is 13.3. The summed E-state index contributed by atoms with van der Waals surface area (Å²) in [5.74, 6) is -1.96. The zero-order valence-electron chi connectivity index (χ0n) is 25.2. The Balaban J connectivity index is 2.50. The minimum Gasteiger partial charge on any atom is -0.481 e. The van der Waals surface area contributed by atoms with E-state index in [-0.39, 0.29) is 43.5 Å². The third kappa shape index (κ3) is 11.9. The molecule has 0 saturated heterocycles. The van der Waals surface area contributed by atoms with Gasteiger partial charge in [0.1, 0.15) is 36.2 Å². The zero-order valence-corrected chi connectivity index (χ0v) is 28.4. The Kier molecular flexibility index (Phi) is 13.2. The predicted octanol–water partition coefficient (Wildman–Crippen LogP) is 5.76. The van der Waals surface area contributed by atoms with Gasteiger partial charge >= 0.3 is 12.1 Å². The Morgan fingerprint density at radius 1 is 1.00 bits per heavy atom. The number of nitrogens with zero attached hydrogens (tertiary/aromatic N) is 1. The molecule has 11 nitrogen and oxygen atoms in total. The summed E-state index contributed by atoms with van der Waals surface area (Å²) in [7, 11) is 0. The smallest absolute Gasteiger partial charge is 0.408 e. The Bertz CT molecular complexity index is 1270. The molecular weight excluding hydrogens is 678 g/mol. The van der Waals surface area contributed by atoms with Gasteiger partial charge in [-0.05, 0) is 83.0 Å². The van der Waals surface area contributed by atoms with Crippen LogP contribution in [0.5, 0.6) is 5.75 Å². The summed E-state index contributed by atoms with van der Waals surface area (Å²) in [5.41, 5.74) is -1.47. The molecule has 2 rings (SSSR count). The average Bonchev–Trinajstić information content (AvgIpc) is 2.86. The molecule has 1 N–H and O–H groups in total. The van der Waals surface area contributed by atoms with Crippen molar-refractivity contribution in [2.75, 3.05) is 6.54 Å². The summed E-state index contributed by atoms with van der Waals surface area (Å²) in [5, 5.41) is 2.53. The number of carbonyl (C=O) groups is 3. The normalized spacial score (nSPS) is 12.7. The minimum absolute atomic E-state index is 0.0132. The van der Waals surface area contributed by atoms with Gasteiger partial charge in [-0.3, -0.25) is 9.59 Å². The van der Waals surface area contributed by atoms with Crippen LogP contribution in [0.2, 0.25) is 0 Å². The van der Waals surface area contributed by atoms with Gasteiger partial charge in [-0.15, -0.1) is 0 Å². The van der Waals surface area contributed by atoms with Crippen LogP contribution in [0.15, 0.2) is 45.6 Å².